The lowest BCUT2D eigenvalue weighted by molar-refractivity contribution is -0.149. The first-order valence-corrected chi connectivity index (χ1v) is 5.98. The Hall–Kier alpha value is -2.15. The van der Waals surface area contributed by atoms with Crippen molar-refractivity contribution in [2.24, 2.45) is 0 Å². The van der Waals surface area contributed by atoms with Crippen LogP contribution in [0.1, 0.15) is 12.8 Å². The van der Waals surface area contributed by atoms with Crippen LogP contribution in [0, 0.1) is 0 Å². The van der Waals surface area contributed by atoms with Gasteiger partial charge in [-0.1, -0.05) is 0 Å². The maximum Gasteiger partial charge on any atom is 0.421 e. The lowest BCUT2D eigenvalue weighted by Crippen LogP contribution is -2.26. The quantitative estimate of drug-likeness (QED) is 0.873. The van der Waals surface area contributed by atoms with Crippen molar-refractivity contribution in [2.45, 2.75) is 31.6 Å². The summed E-state index contributed by atoms with van der Waals surface area (Å²) in [7, 11) is 0. The highest BCUT2D eigenvalue weighted by atomic mass is 16.5. The molecular weight excluding hydrogens is 252 g/mol. The normalized spacial score (nSPS) is 22.9. The summed E-state index contributed by atoms with van der Waals surface area (Å²) in [4.78, 5) is 26.6. The second-order valence-corrected chi connectivity index (χ2v) is 4.47. The first-order chi connectivity index (χ1) is 9.15. The Morgan fingerprint density at radius 1 is 1.53 bits per heavy atom. The van der Waals surface area contributed by atoms with Gasteiger partial charge in [-0.15, -0.1) is 0 Å². The third-order valence-corrected chi connectivity index (χ3v) is 3.19. The topological polar surface area (TPSA) is 94.6 Å². The Morgan fingerprint density at radius 3 is 3.11 bits per heavy atom. The zero-order valence-electron chi connectivity index (χ0n) is 9.98. The molecule has 3 heterocycles. The minimum atomic E-state index is -0.968. The smallest absolute Gasteiger partial charge is 0.421 e. The van der Waals surface area contributed by atoms with Gasteiger partial charge in [0.1, 0.15) is 0 Å². The summed E-state index contributed by atoms with van der Waals surface area (Å²) in [5.41, 5.74) is 0.871. The molecule has 0 saturated carbocycles. The van der Waals surface area contributed by atoms with Gasteiger partial charge in [0.05, 0.1) is 12.6 Å². The molecule has 1 aliphatic rings. The van der Waals surface area contributed by atoms with Gasteiger partial charge in [0.15, 0.2) is 17.3 Å². The van der Waals surface area contributed by atoms with Crippen molar-refractivity contribution in [1.29, 1.82) is 0 Å². The van der Waals surface area contributed by atoms with E-state index in [0.717, 1.165) is 0 Å². The number of carbonyl (C=O) groups is 1. The maximum absolute atomic E-state index is 11.7. The number of nitrogens with zero attached hydrogens (tertiary/aromatic N) is 2. The number of ether oxygens (including phenoxy) is 1. The fourth-order valence-corrected chi connectivity index (χ4v) is 2.29. The van der Waals surface area contributed by atoms with Crippen LogP contribution in [0.3, 0.4) is 0 Å². The van der Waals surface area contributed by atoms with Crippen LogP contribution in [-0.4, -0.2) is 32.8 Å². The molecule has 1 N–H and O–H groups in total. The molecule has 1 aliphatic heterocycles. The molecule has 2 aromatic rings. The van der Waals surface area contributed by atoms with Crippen LogP contribution in [0.2, 0.25) is 0 Å². The second kappa shape index (κ2) is 4.51. The number of carboxylic acid groups (broad SMARTS) is 1. The first kappa shape index (κ1) is 11.9. The summed E-state index contributed by atoms with van der Waals surface area (Å²) in [5, 5.41) is 8.86. The SMILES string of the molecule is O=C(O)C1CCC(Cn2c(=O)oc3cccnc32)O1. The van der Waals surface area contributed by atoms with Crippen molar-refractivity contribution in [2.75, 3.05) is 0 Å². The highest BCUT2D eigenvalue weighted by Gasteiger charge is 2.31. The molecule has 1 saturated heterocycles. The predicted octanol–water partition coefficient (Wildman–Crippen LogP) is 0.622. The minimum Gasteiger partial charge on any atom is -0.479 e. The zero-order chi connectivity index (χ0) is 13.4. The molecule has 0 bridgehead atoms. The Bertz CT molecular complexity index is 674. The Morgan fingerprint density at radius 2 is 2.37 bits per heavy atom. The second-order valence-electron chi connectivity index (χ2n) is 4.47. The average molecular weight is 264 g/mol. The van der Waals surface area contributed by atoms with E-state index in [2.05, 4.69) is 4.98 Å². The summed E-state index contributed by atoms with van der Waals surface area (Å²) < 4.78 is 11.8. The molecule has 7 heteroatoms. The number of aliphatic carboxylic acids is 1. The third kappa shape index (κ3) is 2.12. The van der Waals surface area contributed by atoms with Gasteiger partial charge in [0, 0.05) is 6.20 Å². The van der Waals surface area contributed by atoms with E-state index in [-0.39, 0.29) is 12.6 Å². The van der Waals surface area contributed by atoms with Crippen molar-refractivity contribution in [3.63, 3.8) is 0 Å². The number of fused-ring (bicyclic) bond motifs is 1. The zero-order valence-corrected chi connectivity index (χ0v) is 9.98. The van der Waals surface area contributed by atoms with Crippen LogP contribution in [0.15, 0.2) is 27.5 Å². The van der Waals surface area contributed by atoms with E-state index in [0.29, 0.717) is 24.1 Å². The van der Waals surface area contributed by atoms with Crippen LogP contribution in [0.5, 0.6) is 0 Å². The van der Waals surface area contributed by atoms with Crippen LogP contribution in [0.25, 0.3) is 11.2 Å². The molecule has 0 amide bonds. The molecule has 3 rings (SSSR count). The Labute approximate surface area is 107 Å². The largest absolute Gasteiger partial charge is 0.479 e. The van der Waals surface area contributed by atoms with Crippen molar-refractivity contribution >= 4 is 17.2 Å². The molecule has 7 nitrogen and oxygen atoms in total. The maximum atomic E-state index is 11.7. The summed E-state index contributed by atoms with van der Waals surface area (Å²) in [6.07, 6.45) is 1.54. The molecule has 0 aromatic carbocycles. The van der Waals surface area contributed by atoms with E-state index >= 15 is 0 Å². The van der Waals surface area contributed by atoms with Gasteiger partial charge in [-0.2, -0.15) is 0 Å². The van der Waals surface area contributed by atoms with Crippen LogP contribution < -0.4 is 5.76 Å². The number of pyridine rings is 1. The van der Waals surface area contributed by atoms with Crippen molar-refractivity contribution in [1.82, 2.24) is 9.55 Å². The first-order valence-electron chi connectivity index (χ1n) is 5.98. The summed E-state index contributed by atoms with van der Waals surface area (Å²) in [6.45, 7) is 0.257. The summed E-state index contributed by atoms with van der Waals surface area (Å²) >= 11 is 0. The Balaban J connectivity index is 1.85. The Kier molecular flexibility index (Phi) is 2.83. The van der Waals surface area contributed by atoms with Gasteiger partial charge in [0.2, 0.25) is 0 Å². The number of hydrogen-bond acceptors (Lipinski definition) is 5. The van der Waals surface area contributed by atoms with Crippen molar-refractivity contribution in [3.8, 4) is 0 Å². The van der Waals surface area contributed by atoms with E-state index in [1.807, 2.05) is 0 Å². The number of rotatable bonds is 3. The molecular formula is C12H12N2O5. The third-order valence-electron chi connectivity index (χ3n) is 3.19. The molecule has 2 aromatic heterocycles. The lowest BCUT2D eigenvalue weighted by atomic mass is 10.2. The molecule has 100 valence electrons. The minimum absolute atomic E-state index is 0.257. The number of oxazole rings is 1. The van der Waals surface area contributed by atoms with Gasteiger partial charge in [-0.3, -0.25) is 4.57 Å². The fraction of sp³-hybridized carbons (Fsp3) is 0.417. The molecule has 1 fully saturated rings. The molecule has 19 heavy (non-hydrogen) atoms. The van der Waals surface area contributed by atoms with Gasteiger partial charge in [-0.05, 0) is 25.0 Å². The number of carboxylic acids is 1. The van der Waals surface area contributed by atoms with Gasteiger partial charge < -0.3 is 14.3 Å². The van der Waals surface area contributed by atoms with E-state index in [4.69, 9.17) is 14.3 Å². The van der Waals surface area contributed by atoms with Crippen LogP contribution >= 0.6 is 0 Å². The van der Waals surface area contributed by atoms with E-state index in [1.165, 1.54) is 4.57 Å². The van der Waals surface area contributed by atoms with Gasteiger partial charge >= 0.3 is 11.7 Å². The van der Waals surface area contributed by atoms with Crippen molar-refractivity contribution < 1.29 is 19.1 Å². The molecule has 0 radical (unpaired) electrons. The number of aromatic nitrogens is 2. The molecule has 2 atom stereocenters. The standard InChI is InChI=1S/C12H12N2O5/c15-11(16)9-4-3-7(18-9)6-14-10-8(19-12(14)17)2-1-5-13-10/h1-2,5,7,9H,3-4,6H2,(H,15,16). The van der Waals surface area contributed by atoms with Crippen LogP contribution in [0.4, 0.5) is 0 Å². The molecule has 0 aliphatic carbocycles. The van der Waals surface area contributed by atoms with E-state index in [1.54, 1.807) is 18.3 Å². The van der Waals surface area contributed by atoms with Crippen LogP contribution in [-0.2, 0) is 16.1 Å². The molecule has 0 spiro atoms. The van der Waals surface area contributed by atoms with Gasteiger partial charge in [0.25, 0.3) is 0 Å². The van der Waals surface area contributed by atoms with Crippen molar-refractivity contribution in [3.05, 3.63) is 28.9 Å². The van der Waals surface area contributed by atoms with E-state index < -0.39 is 17.8 Å². The summed E-state index contributed by atoms with van der Waals surface area (Å²) in [6, 6.07) is 3.35. The molecule has 2 unspecified atom stereocenters. The fourth-order valence-electron chi connectivity index (χ4n) is 2.29. The highest BCUT2D eigenvalue weighted by molar-refractivity contribution is 5.72. The van der Waals surface area contributed by atoms with Gasteiger partial charge in [-0.25, -0.2) is 14.6 Å². The predicted molar refractivity (Wildman–Crippen MR) is 63.8 cm³/mol. The highest BCUT2D eigenvalue weighted by Crippen LogP contribution is 2.22. The number of hydrogen-bond donors (Lipinski definition) is 1. The lowest BCUT2D eigenvalue weighted by Gasteiger charge is -2.10. The monoisotopic (exact) mass is 264 g/mol. The summed E-state index contributed by atoms with van der Waals surface area (Å²) in [5.74, 6) is -1.47. The average Bonchev–Trinajstić information content (AvgIpc) is 2.96. The van der Waals surface area contributed by atoms with E-state index in [9.17, 15) is 9.59 Å².